The van der Waals surface area contributed by atoms with E-state index in [9.17, 15) is 24.0 Å². The van der Waals surface area contributed by atoms with Gasteiger partial charge in [0.1, 0.15) is 18.1 Å². The first-order valence-electron chi connectivity index (χ1n) is 8.02. The number of hydrogen-bond acceptors (Lipinski definition) is 6. The van der Waals surface area contributed by atoms with E-state index in [0.717, 1.165) is 0 Å². The second-order valence-electron chi connectivity index (χ2n) is 6.18. The summed E-state index contributed by atoms with van der Waals surface area (Å²) in [5.74, 6) is -5.00. The highest BCUT2D eigenvalue weighted by Crippen LogP contribution is 2.06. The third-order valence-corrected chi connectivity index (χ3v) is 3.29. The van der Waals surface area contributed by atoms with Crippen molar-refractivity contribution in [3.8, 4) is 0 Å². The highest BCUT2D eigenvalue weighted by atomic mass is 16.4. The molecule has 0 fully saturated rings. The lowest BCUT2D eigenvalue weighted by atomic mass is 10.0. The maximum Gasteiger partial charge on any atom is 0.326 e. The quantitative estimate of drug-likeness (QED) is 0.240. The predicted octanol–water partition coefficient (Wildman–Crippen LogP) is -1.98. The molecule has 0 aliphatic heterocycles. The number of nitrogens with one attached hydrogen (secondary N) is 3. The Hall–Kier alpha value is -2.69. The fraction of sp³-hybridized carbons (Fsp3) is 0.667. The molecule has 7 N–H and O–H groups in total. The van der Waals surface area contributed by atoms with Crippen LogP contribution >= 0.6 is 0 Å². The van der Waals surface area contributed by atoms with Crippen LogP contribution in [-0.4, -0.2) is 64.5 Å². The Balaban J connectivity index is 5.08. The molecule has 0 aromatic carbocycles. The lowest BCUT2D eigenvalue weighted by molar-refractivity contribution is -0.144. The molecule has 0 bridgehead atoms. The lowest BCUT2D eigenvalue weighted by Crippen LogP contribution is -2.56. The molecule has 3 atom stereocenters. The van der Waals surface area contributed by atoms with Gasteiger partial charge in [0, 0.05) is 0 Å². The van der Waals surface area contributed by atoms with E-state index in [-0.39, 0.29) is 18.9 Å². The molecule has 0 rings (SSSR count). The van der Waals surface area contributed by atoms with Crippen LogP contribution in [0.2, 0.25) is 0 Å². The second-order valence-corrected chi connectivity index (χ2v) is 6.18. The number of aliphatic carboxylic acids is 2. The Morgan fingerprint density at radius 3 is 1.85 bits per heavy atom. The maximum atomic E-state index is 12.3. The summed E-state index contributed by atoms with van der Waals surface area (Å²) in [6.45, 7) is 4.52. The number of rotatable bonds is 11. The van der Waals surface area contributed by atoms with Crippen molar-refractivity contribution >= 4 is 29.7 Å². The Morgan fingerprint density at radius 2 is 1.42 bits per heavy atom. The first kappa shape index (κ1) is 23.3. The van der Waals surface area contributed by atoms with Crippen LogP contribution in [-0.2, 0) is 24.0 Å². The van der Waals surface area contributed by atoms with E-state index < -0.39 is 54.2 Å². The smallest absolute Gasteiger partial charge is 0.326 e. The molecular weight excluding hydrogens is 348 g/mol. The Labute approximate surface area is 150 Å². The Bertz CT molecular complexity index is 550. The van der Waals surface area contributed by atoms with E-state index in [0.29, 0.717) is 0 Å². The lowest BCUT2D eigenvalue weighted by Gasteiger charge is -2.23. The molecule has 11 heteroatoms. The molecule has 3 unspecified atom stereocenters. The van der Waals surface area contributed by atoms with E-state index in [4.69, 9.17) is 15.9 Å². The first-order valence-corrected chi connectivity index (χ1v) is 8.02. The molecule has 0 aliphatic carbocycles. The van der Waals surface area contributed by atoms with Gasteiger partial charge in [-0.3, -0.25) is 19.2 Å². The summed E-state index contributed by atoms with van der Waals surface area (Å²) in [5.41, 5.74) is 5.12. The predicted molar refractivity (Wildman–Crippen MR) is 89.9 cm³/mol. The van der Waals surface area contributed by atoms with Crippen LogP contribution in [0.4, 0.5) is 0 Å². The van der Waals surface area contributed by atoms with Crippen molar-refractivity contribution in [3.05, 3.63) is 0 Å². The third kappa shape index (κ3) is 8.97. The van der Waals surface area contributed by atoms with Gasteiger partial charge >= 0.3 is 11.9 Å². The van der Waals surface area contributed by atoms with Crippen LogP contribution in [0.5, 0.6) is 0 Å². The number of carbonyl (C=O) groups is 5. The van der Waals surface area contributed by atoms with Crippen LogP contribution in [0, 0.1) is 5.92 Å². The molecule has 3 amide bonds. The van der Waals surface area contributed by atoms with Crippen LogP contribution in [0.3, 0.4) is 0 Å². The average Bonchev–Trinajstić information content (AvgIpc) is 2.52. The molecule has 0 heterocycles. The van der Waals surface area contributed by atoms with Gasteiger partial charge in [-0.15, -0.1) is 0 Å². The van der Waals surface area contributed by atoms with Crippen molar-refractivity contribution in [3.63, 3.8) is 0 Å². The molecule has 0 radical (unpaired) electrons. The zero-order valence-corrected chi connectivity index (χ0v) is 14.9. The summed E-state index contributed by atoms with van der Waals surface area (Å²) < 4.78 is 0. The van der Waals surface area contributed by atoms with Gasteiger partial charge in [0.2, 0.25) is 17.7 Å². The zero-order chi connectivity index (χ0) is 20.4. The topological polar surface area (TPSA) is 188 Å². The maximum absolute atomic E-state index is 12.3. The van der Waals surface area contributed by atoms with E-state index in [1.807, 2.05) is 0 Å². The van der Waals surface area contributed by atoms with Crippen molar-refractivity contribution in [2.75, 3.05) is 6.54 Å². The molecule has 11 nitrogen and oxygen atoms in total. The number of carbonyl (C=O) groups excluding carboxylic acids is 3. The standard InChI is InChI=1S/C15H26N4O7/c1-7(2)4-10(15(25)26)19-14(24)9(5-12(21)22)18-13(23)8(3)17-11(20)6-16/h7-10H,4-6,16H2,1-3H3,(H,17,20)(H,18,23)(H,19,24)(H,21,22)(H,25,26). The molecule has 0 aliphatic rings. The molecule has 26 heavy (non-hydrogen) atoms. The molecular formula is C15H26N4O7. The summed E-state index contributed by atoms with van der Waals surface area (Å²) in [6.07, 6.45) is -0.610. The SMILES string of the molecule is CC(C)CC(NC(=O)C(CC(=O)O)NC(=O)C(C)NC(=O)CN)C(=O)O. The summed E-state index contributed by atoms with van der Waals surface area (Å²) >= 11 is 0. The van der Waals surface area contributed by atoms with Crippen LogP contribution in [0.15, 0.2) is 0 Å². The van der Waals surface area contributed by atoms with Gasteiger partial charge in [-0.2, -0.15) is 0 Å². The van der Waals surface area contributed by atoms with Gasteiger partial charge in [-0.25, -0.2) is 4.79 Å². The highest BCUT2D eigenvalue weighted by Gasteiger charge is 2.30. The molecule has 148 valence electrons. The average molecular weight is 374 g/mol. The summed E-state index contributed by atoms with van der Waals surface area (Å²) in [7, 11) is 0. The van der Waals surface area contributed by atoms with E-state index in [1.165, 1.54) is 6.92 Å². The number of carboxylic acid groups (broad SMARTS) is 2. The summed E-state index contributed by atoms with van der Waals surface area (Å²) in [4.78, 5) is 57.7. The molecule has 0 saturated heterocycles. The first-order chi connectivity index (χ1) is 12.0. The number of hydrogen-bond donors (Lipinski definition) is 6. The van der Waals surface area contributed by atoms with Gasteiger partial charge in [0.05, 0.1) is 13.0 Å². The van der Waals surface area contributed by atoms with Gasteiger partial charge in [-0.05, 0) is 19.3 Å². The normalized spacial score (nSPS) is 14.0. The number of carboxylic acids is 2. The zero-order valence-electron chi connectivity index (χ0n) is 14.9. The summed E-state index contributed by atoms with van der Waals surface area (Å²) in [6, 6.07) is -3.77. The minimum Gasteiger partial charge on any atom is -0.481 e. The van der Waals surface area contributed by atoms with Crippen LogP contribution in [0.25, 0.3) is 0 Å². The summed E-state index contributed by atoms with van der Waals surface area (Å²) in [5, 5.41) is 24.8. The molecule has 0 saturated carbocycles. The second kappa shape index (κ2) is 11.0. The van der Waals surface area contributed by atoms with Gasteiger partial charge < -0.3 is 31.9 Å². The van der Waals surface area contributed by atoms with Crippen molar-refractivity contribution in [2.24, 2.45) is 11.7 Å². The van der Waals surface area contributed by atoms with Crippen molar-refractivity contribution < 1.29 is 34.2 Å². The van der Waals surface area contributed by atoms with Crippen molar-refractivity contribution in [2.45, 2.75) is 51.7 Å². The monoisotopic (exact) mass is 374 g/mol. The van der Waals surface area contributed by atoms with Gasteiger partial charge in [0.15, 0.2) is 0 Å². The minimum absolute atomic E-state index is 0.0320. The van der Waals surface area contributed by atoms with Crippen LogP contribution in [0.1, 0.15) is 33.6 Å². The van der Waals surface area contributed by atoms with Gasteiger partial charge in [-0.1, -0.05) is 13.8 Å². The van der Waals surface area contributed by atoms with Gasteiger partial charge in [0.25, 0.3) is 0 Å². The van der Waals surface area contributed by atoms with Crippen LogP contribution < -0.4 is 21.7 Å². The fourth-order valence-electron chi connectivity index (χ4n) is 2.01. The Morgan fingerprint density at radius 1 is 0.885 bits per heavy atom. The highest BCUT2D eigenvalue weighted by molar-refractivity contribution is 5.95. The molecule has 0 spiro atoms. The molecule has 0 aromatic rings. The van der Waals surface area contributed by atoms with Crippen molar-refractivity contribution in [1.82, 2.24) is 16.0 Å². The Kier molecular flexibility index (Phi) is 9.89. The fourth-order valence-corrected chi connectivity index (χ4v) is 2.01. The van der Waals surface area contributed by atoms with Crippen molar-refractivity contribution in [1.29, 1.82) is 0 Å². The number of nitrogens with two attached hydrogens (primary N) is 1. The number of amides is 3. The largest absolute Gasteiger partial charge is 0.481 e. The van der Waals surface area contributed by atoms with E-state index in [2.05, 4.69) is 16.0 Å². The van der Waals surface area contributed by atoms with E-state index >= 15 is 0 Å². The third-order valence-electron chi connectivity index (χ3n) is 3.29. The minimum atomic E-state index is -1.49. The molecule has 0 aromatic heterocycles. The van der Waals surface area contributed by atoms with E-state index in [1.54, 1.807) is 13.8 Å².